The Labute approximate surface area is 129 Å². The normalized spacial score (nSPS) is 17.4. The van der Waals surface area contributed by atoms with Crippen molar-refractivity contribution >= 4 is 17.7 Å². The summed E-state index contributed by atoms with van der Waals surface area (Å²) < 4.78 is 0. The summed E-state index contributed by atoms with van der Waals surface area (Å²) in [4.78, 5) is 30.8. The predicted octanol–water partition coefficient (Wildman–Crippen LogP) is 2.26. The van der Waals surface area contributed by atoms with Gasteiger partial charge in [0, 0.05) is 17.8 Å². The van der Waals surface area contributed by atoms with Crippen LogP contribution >= 0.6 is 11.8 Å². The standard InChI is InChI=1S/C15H23N3O2S/c1-3-11-9-13(19)18-15(17-11)21-10(2)14(20)16-12-7-5-4-6-8-12/h9-10,12H,3-8H2,1-2H3,(H,16,20)(H,17,18,19). The first-order valence-corrected chi connectivity index (χ1v) is 8.53. The summed E-state index contributed by atoms with van der Waals surface area (Å²) in [6.07, 6.45) is 6.51. The van der Waals surface area contributed by atoms with Crippen molar-refractivity contribution in [3.63, 3.8) is 0 Å². The van der Waals surface area contributed by atoms with Crippen LogP contribution in [0.4, 0.5) is 0 Å². The maximum atomic E-state index is 12.2. The van der Waals surface area contributed by atoms with Crippen molar-refractivity contribution in [2.75, 3.05) is 0 Å². The molecule has 1 amide bonds. The van der Waals surface area contributed by atoms with E-state index < -0.39 is 0 Å². The number of nitrogens with zero attached hydrogens (tertiary/aromatic N) is 1. The van der Waals surface area contributed by atoms with Crippen LogP contribution in [0.15, 0.2) is 16.0 Å². The fourth-order valence-electron chi connectivity index (χ4n) is 2.51. The average molecular weight is 309 g/mol. The molecule has 0 radical (unpaired) electrons. The van der Waals surface area contributed by atoms with Gasteiger partial charge < -0.3 is 10.3 Å². The molecule has 0 aliphatic heterocycles. The minimum Gasteiger partial charge on any atom is -0.352 e. The second-order valence-corrected chi connectivity index (χ2v) is 6.83. The Hall–Kier alpha value is -1.30. The summed E-state index contributed by atoms with van der Waals surface area (Å²) in [5.41, 5.74) is 0.588. The third-order valence-electron chi connectivity index (χ3n) is 3.74. The van der Waals surface area contributed by atoms with Crippen molar-refractivity contribution in [2.45, 2.75) is 68.8 Å². The first kappa shape index (κ1) is 16.1. The zero-order valence-corrected chi connectivity index (χ0v) is 13.5. The number of nitrogens with one attached hydrogen (secondary N) is 2. The molecule has 1 aliphatic carbocycles. The van der Waals surface area contributed by atoms with Gasteiger partial charge in [-0.1, -0.05) is 37.9 Å². The van der Waals surface area contributed by atoms with Crippen LogP contribution in [0.1, 0.15) is 51.6 Å². The van der Waals surface area contributed by atoms with Gasteiger partial charge in [0.1, 0.15) is 0 Å². The molecular weight excluding hydrogens is 286 g/mol. The lowest BCUT2D eigenvalue weighted by molar-refractivity contribution is -0.121. The number of aromatic nitrogens is 2. The van der Waals surface area contributed by atoms with Gasteiger partial charge in [-0.2, -0.15) is 0 Å². The number of hydrogen-bond acceptors (Lipinski definition) is 4. The highest BCUT2D eigenvalue weighted by atomic mass is 32.2. The molecule has 1 unspecified atom stereocenters. The van der Waals surface area contributed by atoms with Gasteiger partial charge in [-0.3, -0.25) is 9.59 Å². The number of thioether (sulfide) groups is 1. The van der Waals surface area contributed by atoms with Crippen molar-refractivity contribution in [1.29, 1.82) is 0 Å². The molecule has 5 nitrogen and oxygen atoms in total. The van der Waals surface area contributed by atoms with E-state index in [9.17, 15) is 9.59 Å². The highest BCUT2D eigenvalue weighted by molar-refractivity contribution is 8.00. The quantitative estimate of drug-likeness (QED) is 0.646. The summed E-state index contributed by atoms with van der Waals surface area (Å²) in [7, 11) is 0. The number of hydrogen-bond donors (Lipinski definition) is 2. The van der Waals surface area contributed by atoms with Crippen LogP contribution in [-0.4, -0.2) is 27.2 Å². The molecule has 1 aliphatic rings. The molecule has 21 heavy (non-hydrogen) atoms. The van der Waals surface area contributed by atoms with Gasteiger partial charge in [-0.25, -0.2) is 4.98 Å². The van der Waals surface area contributed by atoms with Crippen molar-refractivity contribution < 1.29 is 4.79 Å². The van der Waals surface area contributed by atoms with Gasteiger partial charge >= 0.3 is 0 Å². The molecule has 1 aromatic heterocycles. The third kappa shape index (κ3) is 4.88. The van der Waals surface area contributed by atoms with Crippen molar-refractivity contribution in [3.05, 3.63) is 22.1 Å². The molecule has 1 fully saturated rings. The van der Waals surface area contributed by atoms with Crippen molar-refractivity contribution in [3.8, 4) is 0 Å². The maximum absolute atomic E-state index is 12.2. The van der Waals surface area contributed by atoms with Gasteiger partial charge in [-0.15, -0.1) is 0 Å². The van der Waals surface area contributed by atoms with Gasteiger partial charge in [0.2, 0.25) is 5.91 Å². The van der Waals surface area contributed by atoms with Crippen LogP contribution in [0.3, 0.4) is 0 Å². The molecule has 1 aromatic rings. The van der Waals surface area contributed by atoms with Crippen LogP contribution in [0.2, 0.25) is 0 Å². The highest BCUT2D eigenvalue weighted by Crippen LogP contribution is 2.21. The van der Waals surface area contributed by atoms with Crippen molar-refractivity contribution in [1.82, 2.24) is 15.3 Å². The zero-order chi connectivity index (χ0) is 15.2. The van der Waals surface area contributed by atoms with Gasteiger partial charge in [0.15, 0.2) is 5.16 Å². The summed E-state index contributed by atoms with van der Waals surface area (Å²) >= 11 is 1.31. The second-order valence-electron chi connectivity index (χ2n) is 5.50. The number of aromatic amines is 1. The largest absolute Gasteiger partial charge is 0.352 e. The molecule has 116 valence electrons. The van der Waals surface area contributed by atoms with Crippen molar-refractivity contribution in [2.24, 2.45) is 0 Å². The maximum Gasteiger partial charge on any atom is 0.251 e. The van der Waals surface area contributed by atoms with Gasteiger partial charge in [-0.05, 0) is 26.2 Å². The first-order chi connectivity index (χ1) is 10.1. The lowest BCUT2D eigenvalue weighted by atomic mass is 9.95. The number of H-pyrrole nitrogens is 1. The lowest BCUT2D eigenvalue weighted by Crippen LogP contribution is -2.40. The molecule has 0 bridgehead atoms. The molecule has 1 heterocycles. The fourth-order valence-corrected chi connectivity index (χ4v) is 3.35. The predicted molar refractivity (Wildman–Crippen MR) is 84.6 cm³/mol. The monoisotopic (exact) mass is 309 g/mol. The molecule has 1 saturated carbocycles. The van der Waals surface area contributed by atoms with Crippen LogP contribution in [-0.2, 0) is 11.2 Å². The van der Waals surface area contributed by atoms with E-state index in [4.69, 9.17) is 0 Å². The molecule has 6 heteroatoms. The van der Waals surface area contributed by atoms with Crippen LogP contribution < -0.4 is 10.9 Å². The summed E-state index contributed by atoms with van der Waals surface area (Å²) in [5.74, 6) is 0.0245. The van der Waals surface area contributed by atoms with E-state index in [0.29, 0.717) is 17.6 Å². The van der Waals surface area contributed by atoms with Crippen LogP contribution in [0.5, 0.6) is 0 Å². The molecule has 2 rings (SSSR count). The van der Waals surface area contributed by atoms with E-state index in [1.54, 1.807) is 0 Å². The SMILES string of the molecule is CCc1cc(=O)[nH]c(SC(C)C(=O)NC2CCCCC2)n1. The topological polar surface area (TPSA) is 74.8 Å². The Balaban J connectivity index is 1.93. The van der Waals surface area contributed by atoms with Crippen LogP contribution in [0.25, 0.3) is 0 Å². The summed E-state index contributed by atoms with van der Waals surface area (Å²) in [5, 5.41) is 3.36. The van der Waals surface area contributed by atoms with E-state index in [-0.39, 0.29) is 16.7 Å². The molecule has 0 spiro atoms. The molecule has 0 aromatic carbocycles. The number of carbonyl (C=O) groups excluding carboxylic acids is 1. The Morgan fingerprint density at radius 1 is 1.48 bits per heavy atom. The minimum absolute atomic E-state index is 0.0245. The Bertz CT molecular complexity index is 538. The smallest absolute Gasteiger partial charge is 0.251 e. The van der Waals surface area contributed by atoms with E-state index >= 15 is 0 Å². The van der Waals surface area contributed by atoms with E-state index in [2.05, 4.69) is 15.3 Å². The third-order valence-corrected chi connectivity index (χ3v) is 4.73. The van der Waals surface area contributed by atoms with E-state index in [1.807, 2.05) is 13.8 Å². The summed E-state index contributed by atoms with van der Waals surface area (Å²) in [6, 6.07) is 1.81. The molecular formula is C15H23N3O2S. The zero-order valence-electron chi connectivity index (χ0n) is 12.6. The second kappa shape index (κ2) is 7.64. The fraction of sp³-hybridized carbons (Fsp3) is 0.667. The number of carbonyl (C=O) groups is 1. The number of aryl methyl sites for hydroxylation is 1. The van der Waals surface area contributed by atoms with Gasteiger partial charge in [0.25, 0.3) is 5.56 Å². The number of amides is 1. The summed E-state index contributed by atoms with van der Waals surface area (Å²) in [6.45, 7) is 3.80. The Morgan fingerprint density at radius 2 is 2.19 bits per heavy atom. The molecule has 0 saturated heterocycles. The van der Waals surface area contributed by atoms with E-state index in [0.717, 1.165) is 18.5 Å². The van der Waals surface area contributed by atoms with Crippen LogP contribution in [0, 0.1) is 0 Å². The van der Waals surface area contributed by atoms with Gasteiger partial charge in [0.05, 0.1) is 5.25 Å². The lowest BCUT2D eigenvalue weighted by Gasteiger charge is -2.24. The van der Waals surface area contributed by atoms with E-state index in [1.165, 1.54) is 37.1 Å². The highest BCUT2D eigenvalue weighted by Gasteiger charge is 2.21. The number of rotatable bonds is 5. The molecule has 2 N–H and O–H groups in total. The first-order valence-electron chi connectivity index (χ1n) is 7.65. The average Bonchev–Trinajstić information content (AvgIpc) is 2.47. The Kier molecular flexibility index (Phi) is 5.85. The molecule has 1 atom stereocenters. The minimum atomic E-state index is -0.262. The Morgan fingerprint density at radius 3 is 2.86 bits per heavy atom.